The average molecular weight is 128 g/mol. The summed E-state index contributed by atoms with van der Waals surface area (Å²) < 4.78 is 0. The molecular formula is C6H12N2O. The number of nitrogens with one attached hydrogen (secondary N) is 1. The van der Waals surface area contributed by atoms with Gasteiger partial charge in [-0.2, -0.15) is 0 Å². The van der Waals surface area contributed by atoms with Crippen LogP contribution in [-0.4, -0.2) is 18.5 Å². The predicted octanol–water partition coefficient (Wildman–Crippen LogP) is -0.530. The van der Waals surface area contributed by atoms with Gasteiger partial charge in [0.25, 0.3) is 0 Å². The first-order valence-electron chi connectivity index (χ1n) is 3.29. The van der Waals surface area contributed by atoms with Gasteiger partial charge in [-0.1, -0.05) is 0 Å². The molecule has 2 atom stereocenters. The summed E-state index contributed by atoms with van der Waals surface area (Å²) in [5, 5.41) is 2.72. The number of amides is 1. The molecule has 0 aromatic heterocycles. The van der Waals surface area contributed by atoms with Crippen molar-refractivity contribution >= 4 is 5.91 Å². The molecule has 2 unspecified atom stereocenters. The van der Waals surface area contributed by atoms with Gasteiger partial charge in [0, 0.05) is 12.6 Å². The number of carbonyl (C=O) groups is 1. The lowest BCUT2D eigenvalue weighted by Crippen LogP contribution is -2.26. The van der Waals surface area contributed by atoms with Gasteiger partial charge in [0.2, 0.25) is 5.91 Å². The highest BCUT2D eigenvalue weighted by Gasteiger charge is 2.39. The third kappa shape index (κ3) is 1.42. The Labute approximate surface area is 54.6 Å². The molecule has 3 heteroatoms. The Morgan fingerprint density at radius 2 is 2.44 bits per heavy atom. The first-order valence-corrected chi connectivity index (χ1v) is 3.29. The lowest BCUT2D eigenvalue weighted by atomic mass is 10.4. The molecule has 0 bridgehead atoms. The van der Waals surface area contributed by atoms with Gasteiger partial charge < -0.3 is 11.1 Å². The number of hydrogen-bond acceptors (Lipinski definition) is 2. The van der Waals surface area contributed by atoms with Crippen molar-refractivity contribution in [2.45, 2.75) is 19.4 Å². The predicted molar refractivity (Wildman–Crippen MR) is 34.8 cm³/mol. The molecular weight excluding hydrogens is 116 g/mol. The highest BCUT2D eigenvalue weighted by atomic mass is 16.2. The average Bonchev–Trinajstić information content (AvgIpc) is 2.47. The van der Waals surface area contributed by atoms with Crippen LogP contribution in [-0.2, 0) is 4.79 Å². The van der Waals surface area contributed by atoms with Crippen molar-refractivity contribution < 1.29 is 4.79 Å². The zero-order chi connectivity index (χ0) is 6.85. The van der Waals surface area contributed by atoms with E-state index in [4.69, 9.17) is 5.73 Å². The normalized spacial score (nSPS) is 31.8. The van der Waals surface area contributed by atoms with Gasteiger partial charge in [0.05, 0.1) is 5.92 Å². The fraction of sp³-hybridized carbons (Fsp3) is 0.833. The van der Waals surface area contributed by atoms with E-state index < -0.39 is 0 Å². The summed E-state index contributed by atoms with van der Waals surface area (Å²) in [7, 11) is 0. The zero-order valence-corrected chi connectivity index (χ0v) is 5.55. The van der Waals surface area contributed by atoms with Gasteiger partial charge in [-0.05, 0) is 13.3 Å². The van der Waals surface area contributed by atoms with E-state index >= 15 is 0 Å². The molecule has 1 aliphatic rings. The molecule has 1 saturated carbocycles. The molecule has 0 saturated heterocycles. The summed E-state index contributed by atoms with van der Waals surface area (Å²) >= 11 is 0. The maximum absolute atomic E-state index is 10.8. The Morgan fingerprint density at radius 3 is 2.78 bits per heavy atom. The molecule has 0 aromatic rings. The number of carbonyl (C=O) groups excluding carboxylic acids is 1. The van der Waals surface area contributed by atoms with Crippen LogP contribution >= 0.6 is 0 Å². The van der Waals surface area contributed by atoms with Gasteiger partial charge in [0.1, 0.15) is 0 Å². The molecule has 9 heavy (non-hydrogen) atoms. The Bertz CT molecular complexity index is 124. The maximum atomic E-state index is 10.8. The first kappa shape index (κ1) is 6.55. The van der Waals surface area contributed by atoms with E-state index in [0.29, 0.717) is 6.54 Å². The first-order chi connectivity index (χ1) is 4.25. The molecule has 0 heterocycles. The molecule has 1 aliphatic carbocycles. The minimum absolute atomic E-state index is 0.116. The molecule has 1 rings (SSSR count). The van der Waals surface area contributed by atoms with Crippen molar-refractivity contribution in [1.82, 2.24) is 5.32 Å². The van der Waals surface area contributed by atoms with Crippen molar-refractivity contribution in [3.05, 3.63) is 0 Å². The maximum Gasteiger partial charge on any atom is 0.224 e. The second-order valence-corrected chi connectivity index (χ2v) is 2.40. The van der Waals surface area contributed by atoms with Gasteiger partial charge in [-0.15, -0.1) is 0 Å². The van der Waals surface area contributed by atoms with Crippen LogP contribution in [0.3, 0.4) is 0 Å². The molecule has 3 nitrogen and oxygen atoms in total. The fourth-order valence-electron chi connectivity index (χ4n) is 0.821. The Kier molecular flexibility index (Phi) is 1.71. The van der Waals surface area contributed by atoms with Gasteiger partial charge in [-0.25, -0.2) is 0 Å². The van der Waals surface area contributed by atoms with Crippen LogP contribution in [0.5, 0.6) is 0 Å². The van der Waals surface area contributed by atoms with Crippen molar-refractivity contribution in [3.8, 4) is 0 Å². The number of nitrogens with two attached hydrogens (primary N) is 1. The van der Waals surface area contributed by atoms with Crippen LogP contribution in [0.2, 0.25) is 0 Å². The number of rotatable bonds is 2. The van der Waals surface area contributed by atoms with Crippen LogP contribution in [0.4, 0.5) is 0 Å². The minimum atomic E-state index is 0.116. The monoisotopic (exact) mass is 128 g/mol. The van der Waals surface area contributed by atoms with E-state index in [2.05, 4.69) is 5.32 Å². The van der Waals surface area contributed by atoms with Gasteiger partial charge in [0.15, 0.2) is 0 Å². The third-order valence-electron chi connectivity index (χ3n) is 1.53. The van der Waals surface area contributed by atoms with Crippen molar-refractivity contribution in [1.29, 1.82) is 0 Å². The summed E-state index contributed by atoms with van der Waals surface area (Å²) in [6.45, 7) is 2.62. The van der Waals surface area contributed by atoms with Crippen LogP contribution in [0, 0.1) is 5.92 Å². The highest BCUT2D eigenvalue weighted by molar-refractivity contribution is 5.82. The Morgan fingerprint density at radius 1 is 1.89 bits per heavy atom. The zero-order valence-electron chi connectivity index (χ0n) is 5.55. The van der Waals surface area contributed by atoms with Gasteiger partial charge in [-0.3, -0.25) is 4.79 Å². The SMILES string of the molecule is CCNC(=O)C1CC1N. The van der Waals surface area contributed by atoms with E-state index in [0.717, 1.165) is 6.42 Å². The van der Waals surface area contributed by atoms with Crippen molar-refractivity contribution in [2.75, 3.05) is 6.54 Å². The minimum Gasteiger partial charge on any atom is -0.356 e. The molecule has 3 N–H and O–H groups in total. The van der Waals surface area contributed by atoms with Crippen LogP contribution < -0.4 is 11.1 Å². The molecule has 0 spiro atoms. The quantitative estimate of drug-likeness (QED) is 0.525. The van der Waals surface area contributed by atoms with Gasteiger partial charge >= 0.3 is 0 Å². The molecule has 0 aromatic carbocycles. The second-order valence-electron chi connectivity index (χ2n) is 2.40. The molecule has 1 fully saturated rings. The van der Waals surface area contributed by atoms with Crippen LogP contribution in [0.25, 0.3) is 0 Å². The van der Waals surface area contributed by atoms with E-state index in [9.17, 15) is 4.79 Å². The summed E-state index contributed by atoms with van der Waals surface area (Å²) in [4.78, 5) is 10.8. The van der Waals surface area contributed by atoms with Crippen molar-refractivity contribution in [2.24, 2.45) is 11.7 Å². The lowest BCUT2D eigenvalue weighted by molar-refractivity contribution is -0.122. The standard InChI is InChI=1S/C6H12N2O/c1-2-8-6(9)4-3-5(4)7/h4-5H,2-3,7H2,1H3,(H,8,9). The van der Waals surface area contributed by atoms with E-state index in [-0.39, 0.29) is 17.9 Å². The number of hydrogen-bond donors (Lipinski definition) is 2. The summed E-state index contributed by atoms with van der Waals surface area (Å²) in [5.41, 5.74) is 5.44. The lowest BCUT2D eigenvalue weighted by Gasteiger charge is -1.96. The summed E-state index contributed by atoms with van der Waals surface area (Å²) in [6.07, 6.45) is 0.867. The summed E-state index contributed by atoms with van der Waals surface area (Å²) in [5.74, 6) is 0.231. The summed E-state index contributed by atoms with van der Waals surface area (Å²) in [6, 6.07) is 0.136. The highest BCUT2D eigenvalue weighted by Crippen LogP contribution is 2.27. The topological polar surface area (TPSA) is 55.1 Å². The van der Waals surface area contributed by atoms with Crippen molar-refractivity contribution in [3.63, 3.8) is 0 Å². The van der Waals surface area contributed by atoms with Crippen LogP contribution in [0.1, 0.15) is 13.3 Å². The molecule has 0 radical (unpaired) electrons. The smallest absolute Gasteiger partial charge is 0.224 e. The molecule has 0 aliphatic heterocycles. The molecule has 52 valence electrons. The van der Waals surface area contributed by atoms with E-state index in [1.54, 1.807) is 0 Å². The second kappa shape index (κ2) is 2.35. The van der Waals surface area contributed by atoms with Crippen LogP contribution in [0.15, 0.2) is 0 Å². The Balaban J connectivity index is 2.20. The fourth-order valence-corrected chi connectivity index (χ4v) is 0.821. The van der Waals surface area contributed by atoms with E-state index in [1.165, 1.54) is 0 Å². The largest absolute Gasteiger partial charge is 0.356 e. The molecule has 1 amide bonds. The van der Waals surface area contributed by atoms with E-state index in [1.807, 2.05) is 6.92 Å². The Hall–Kier alpha value is -0.570. The third-order valence-corrected chi connectivity index (χ3v) is 1.53.